The van der Waals surface area contributed by atoms with Gasteiger partial charge in [-0.2, -0.15) is 0 Å². The smallest absolute Gasteiger partial charge is 0.264 e. The quantitative estimate of drug-likeness (QED) is 0.526. The highest BCUT2D eigenvalue weighted by atomic mass is 127. The monoisotopic (exact) mass is 480 g/mol. The number of halogens is 2. The lowest BCUT2D eigenvalue weighted by Crippen LogP contribution is -2.25. The number of rotatable bonds is 5. The van der Waals surface area contributed by atoms with Gasteiger partial charge in [0.1, 0.15) is 0 Å². The molecule has 2 aromatic carbocycles. The van der Waals surface area contributed by atoms with Crippen molar-refractivity contribution >= 4 is 55.8 Å². The van der Waals surface area contributed by atoms with Crippen LogP contribution in [0, 0.1) is 3.57 Å². The second-order valence-corrected chi connectivity index (χ2v) is 8.29. The van der Waals surface area contributed by atoms with E-state index in [0.29, 0.717) is 16.3 Å². The molecule has 0 aliphatic heterocycles. The largest absolute Gasteiger partial charge is 0.321 e. The van der Waals surface area contributed by atoms with Gasteiger partial charge in [0.25, 0.3) is 15.9 Å². The van der Waals surface area contributed by atoms with Crippen molar-refractivity contribution < 1.29 is 18.0 Å². The average molecular weight is 481 g/mol. The summed E-state index contributed by atoms with van der Waals surface area (Å²) in [6, 6.07) is 10.8. The predicted octanol–water partition coefficient (Wildman–Crippen LogP) is 3.38. The molecule has 0 bridgehead atoms. The van der Waals surface area contributed by atoms with Crippen LogP contribution in [0.15, 0.2) is 47.4 Å². The van der Waals surface area contributed by atoms with Crippen LogP contribution in [0.5, 0.6) is 0 Å². The SMILES string of the molecule is CON(C)S(=O)(=O)c1ccc(C(=O)Nc2ccc(I)cc2Cl)cc1. The van der Waals surface area contributed by atoms with Crippen LogP contribution in [0.1, 0.15) is 10.4 Å². The van der Waals surface area contributed by atoms with E-state index in [1.54, 1.807) is 12.1 Å². The van der Waals surface area contributed by atoms with Crippen molar-refractivity contribution in [1.82, 2.24) is 4.47 Å². The molecule has 0 saturated heterocycles. The number of sulfonamides is 1. The van der Waals surface area contributed by atoms with Crippen LogP contribution in [0.25, 0.3) is 0 Å². The molecule has 2 rings (SSSR count). The molecule has 0 fully saturated rings. The van der Waals surface area contributed by atoms with Gasteiger partial charge in [-0.25, -0.2) is 8.42 Å². The summed E-state index contributed by atoms with van der Waals surface area (Å²) in [6.07, 6.45) is 0. The summed E-state index contributed by atoms with van der Waals surface area (Å²) in [5.41, 5.74) is 0.793. The van der Waals surface area contributed by atoms with E-state index in [1.807, 2.05) is 6.07 Å². The summed E-state index contributed by atoms with van der Waals surface area (Å²) >= 11 is 8.20. The maximum Gasteiger partial charge on any atom is 0.264 e. The number of amides is 1. The van der Waals surface area contributed by atoms with Gasteiger partial charge in [0.05, 0.1) is 22.7 Å². The minimum atomic E-state index is -3.74. The molecule has 0 unspecified atom stereocenters. The summed E-state index contributed by atoms with van der Waals surface area (Å²) in [5.74, 6) is -0.387. The van der Waals surface area contributed by atoms with Crippen LogP contribution < -0.4 is 5.32 Å². The number of nitrogens with zero attached hydrogens (tertiary/aromatic N) is 1. The number of nitrogens with one attached hydrogen (secondary N) is 1. The van der Waals surface area contributed by atoms with Crippen LogP contribution in [0.4, 0.5) is 5.69 Å². The normalized spacial score (nSPS) is 11.5. The Morgan fingerprint density at radius 2 is 1.83 bits per heavy atom. The topological polar surface area (TPSA) is 75.7 Å². The maximum absolute atomic E-state index is 12.2. The molecule has 128 valence electrons. The summed E-state index contributed by atoms with van der Waals surface area (Å²) in [7, 11) is -1.20. The van der Waals surface area contributed by atoms with E-state index >= 15 is 0 Å². The number of hydrogen-bond donors (Lipinski definition) is 1. The Labute approximate surface area is 158 Å². The van der Waals surface area contributed by atoms with Crippen molar-refractivity contribution in [1.29, 1.82) is 0 Å². The summed E-state index contributed by atoms with van der Waals surface area (Å²) in [5, 5.41) is 3.11. The third-order valence-electron chi connectivity index (χ3n) is 3.19. The third kappa shape index (κ3) is 4.25. The van der Waals surface area contributed by atoms with E-state index in [-0.39, 0.29) is 10.8 Å². The van der Waals surface area contributed by atoms with Crippen LogP contribution in [0.2, 0.25) is 5.02 Å². The first-order valence-corrected chi connectivity index (χ1v) is 9.55. The lowest BCUT2D eigenvalue weighted by Gasteiger charge is -2.14. The number of carbonyl (C=O) groups excluding carboxylic acids is 1. The van der Waals surface area contributed by atoms with Crippen molar-refractivity contribution in [3.63, 3.8) is 0 Å². The van der Waals surface area contributed by atoms with Crippen LogP contribution in [-0.4, -0.2) is 33.0 Å². The zero-order valence-electron chi connectivity index (χ0n) is 12.8. The van der Waals surface area contributed by atoms with Crippen molar-refractivity contribution in [3.05, 3.63) is 56.6 Å². The molecule has 0 aliphatic carbocycles. The predicted molar refractivity (Wildman–Crippen MR) is 101 cm³/mol. The van der Waals surface area contributed by atoms with E-state index in [9.17, 15) is 13.2 Å². The number of carbonyl (C=O) groups is 1. The van der Waals surface area contributed by atoms with Crippen LogP contribution >= 0.6 is 34.2 Å². The molecule has 1 N–H and O–H groups in total. The Balaban J connectivity index is 2.20. The van der Waals surface area contributed by atoms with E-state index in [4.69, 9.17) is 16.4 Å². The van der Waals surface area contributed by atoms with Gasteiger partial charge in [0, 0.05) is 16.2 Å². The fourth-order valence-corrected chi connectivity index (χ4v) is 3.69. The summed E-state index contributed by atoms with van der Waals surface area (Å²) < 4.78 is 25.9. The molecule has 1 amide bonds. The fraction of sp³-hybridized carbons (Fsp3) is 0.133. The van der Waals surface area contributed by atoms with Crippen molar-refractivity contribution in [2.75, 3.05) is 19.5 Å². The second-order valence-electron chi connectivity index (χ2n) is 4.70. The Bertz CT molecular complexity index is 856. The summed E-state index contributed by atoms with van der Waals surface area (Å²) in [4.78, 5) is 17.0. The van der Waals surface area contributed by atoms with Crippen LogP contribution in [-0.2, 0) is 14.9 Å². The van der Waals surface area contributed by atoms with Crippen molar-refractivity contribution in [3.8, 4) is 0 Å². The Kier molecular flexibility index (Phi) is 6.21. The van der Waals surface area contributed by atoms with Crippen molar-refractivity contribution in [2.24, 2.45) is 0 Å². The lowest BCUT2D eigenvalue weighted by molar-refractivity contribution is -0.0258. The highest BCUT2D eigenvalue weighted by molar-refractivity contribution is 14.1. The van der Waals surface area contributed by atoms with E-state index in [2.05, 4.69) is 27.9 Å². The standard InChI is InChI=1S/C15H14ClIN2O4S/c1-19(23-2)24(21,22)12-6-3-10(4-7-12)15(20)18-14-8-5-11(17)9-13(14)16/h3-9H,1-2H3,(H,18,20). The minimum Gasteiger partial charge on any atom is -0.321 e. The van der Waals surface area contributed by atoms with Gasteiger partial charge in [-0.3, -0.25) is 9.63 Å². The third-order valence-corrected chi connectivity index (χ3v) is 5.87. The zero-order valence-corrected chi connectivity index (χ0v) is 16.5. The van der Waals surface area contributed by atoms with E-state index < -0.39 is 10.0 Å². The summed E-state index contributed by atoms with van der Waals surface area (Å²) in [6.45, 7) is 0. The first kappa shape index (κ1) is 19.1. The molecule has 0 heterocycles. The molecule has 9 heteroatoms. The number of hydrogen-bond acceptors (Lipinski definition) is 4. The molecule has 6 nitrogen and oxygen atoms in total. The van der Waals surface area contributed by atoms with Gasteiger partial charge < -0.3 is 5.32 Å². The van der Waals surface area contributed by atoms with E-state index in [1.165, 1.54) is 38.4 Å². The minimum absolute atomic E-state index is 0.0238. The molecule has 0 radical (unpaired) electrons. The second kappa shape index (κ2) is 7.79. The Hall–Kier alpha value is -1.20. The van der Waals surface area contributed by atoms with Gasteiger partial charge >= 0.3 is 0 Å². The average Bonchev–Trinajstić information content (AvgIpc) is 2.56. The number of benzene rings is 2. The van der Waals surface area contributed by atoms with Gasteiger partial charge in [0.2, 0.25) is 0 Å². The first-order chi connectivity index (χ1) is 11.3. The van der Waals surface area contributed by atoms with E-state index in [0.717, 1.165) is 8.04 Å². The maximum atomic E-state index is 12.2. The van der Waals surface area contributed by atoms with Gasteiger partial charge in [-0.05, 0) is 65.1 Å². The molecule has 0 saturated carbocycles. The molecule has 0 atom stereocenters. The Morgan fingerprint density at radius 3 is 2.38 bits per heavy atom. The lowest BCUT2D eigenvalue weighted by atomic mass is 10.2. The zero-order chi connectivity index (χ0) is 17.9. The number of hydroxylamine groups is 1. The van der Waals surface area contributed by atoms with Crippen molar-refractivity contribution in [2.45, 2.75) is 4.90 Å². The highest BCUT2D eigenvalue weighted by Crippen LogP contribution is 2.24. The molecular weight excluding hydrogens is 467 g/mol. The first-order valence-electron chi connectivity index (χ1n) is 6.65. The van der Waals surface area contributed by atoms with Gasteiger partial charge in [-0.15, -0.1) is 0 Å². The molecule has 0 aliphatic rings. The van der Waals surface area contributed by atoms with Gasteiger partial charge in [-0.1, -0.05) is 16.1 Å². The molecule has 2 aromatic rings. The Morgan fingerprint density at radius 1 is 1.21 bits per heavy atom. The van der Waals surface area contributed by atoms with Crippen LogP contribution in [0.3, 0.4) is 0 Å². The fourth-order valence-electron chi connectivity index (χ4n) is 1.81. The molecule has 24 heavy (non-hydrogen) atoms. The highest BCUT2D eigenvalue weighted by Gasteiger charge is 2.21. The molecular formula is C15H14ClIN2O4S. The number of anilines is 1. The van der Waals surface area contributed by atoms with Gasteiger partial charge in [0.15, 0.2) is 0 Å². The molecule has 0 spiro atoms. The molecule has 0 aromatic heterocycles.